The van der Waals surface area contributed by atoms with Crippen molar-refractivity contribution in [3.8, 4) is 5.75 Å². The van der Waals surface area contributed by atoms with Crippen LogP contribution in [-0.2, 0) is 6.16 Å². The molecule has 0 spiro atoms. The van der Waals surface area contributed by atoms with Gasteiger partial charge in [-0.3, -0.25) is 0 Å². The number of hydrogen-bond donors (Lipinski definition) is 0. The van der Waals surface area contributed by atoms with Crippen LogP contribution in [-0.4, -0.2) is 11.6 Å². The maximum absolute atomic E-state index is 8.13. The van der Waals surface area contributed by atoms with E-state index in [1.54, 1.807) is 12.3 Å². The minimum atomic E-state index is -3.45. The van der Waals surface area contributed by atoms with E-state index in [1.165, 1.54) is 0 Å². The van der Waals surface area contributed by atoms with Crippen LogP contribution in [0.2, 0.25) is 0 Å². The van der Waals surface area contributed by atoms with Crippen molar-refractivity contribution >= 4 is 33.1 Å². The monoisotopic (exact) mass is 445 g/mol. The molecule has 4 aromatic rings. The number of aromatic nitrogens is 1. The van der Waals surface area contributed by atoms with Crippen LogP contribution in [0, 0.1) is 0 Å². The van der Waals surface area contributed by atoms with Gasteiger partial charge in [-0.1, -0.05) is 0 Å². The molecule has 4 rings (SSSR count). The Kier molecular flexibility index (Phi) is 6.23. The molecular weight excluding hydrogens is 421 g/mol. The molecule has 156 valence electrons. The van der Waals surface area contributed by atoms with Gasteiger partial charge < -0.3 is 0 Å². The first-order chi connectivity index (χ1) is 15.2. The summed E-state index contributed by atoms with van der Waals surface area (Å²) in [6.07, 6.45) is 4.08. The van der Waals surface area contributed by atoms with E-state index in [0.717, 1.165) is 27.4 Å². The second-order valence-electron chi connectivity index (χ2n) is 7.40. The van der Waals surface area contributed by atoms with E-state index < -0.39 is 5.96 Å². The second kappa shape index (κ2) is 9.06. The summed E-state index contributed by atoms with van der Waals surface area (Å²) in [6.45, 7) is 4.19. The molecule has 2 nitrogen and oxygen atoms in total. The van der Waals surface area contributed by atoms with E-state index in [2.05, 4.69) is 79.4 Å². The van der Waals surface area contributed by atoms with E-state index >= 15 is 0 Å². The number of rotatable bonds is 8. The summed E-state index contributed by atoms with van der Waals surface area (Å²) >= 11 is 8.13. The standard InChI is InChI=1S/C27H25ClNOP/c1-2-21-30-27-19-12-20-29-26(27)22-31(28,23-13-6-3-7-14-23,24-15-8-4-9-16-24)25-17-10-5-11-18-25/h2-20H,1,21-22H2. The minimum absolute atomic E-state index is 0.416. The Morgan fingerprint density at radius 1 is 0.742 bits per heavy atom. The second-order valence-corrected chi connectivity index (χ2v) is 13.9. The molecular formula is C27H25ClNOP. The molecule has 0 fully saturated rings. The third-order valence-electron chi connectivity index (χ3n) is 5.54. The predicted molar refractivity (Wildman–Crippen MR) is 135 cm³/mol. The van der Waals surface area contributed by atoms with Crippen LogP contribution in [0.5, 0.6) is 5.75 Å². The molecule has 0 aliphatic carbocycles. The first-order valence-electron chi connectivity index (χ1n) is 10.2. The normalized spacial score (nSPS) is 12.5. The average molecular weight is 446 g/mol. The fraction of sp³-hybridized carbons (Fsp3) is 0.0741. The topological polar surface area (TPSA) is 22.1 Å². The average Bonchev–Trinajstić information content (AvgIpc) is 2.85. The van der Waals surface area contributed by atoms with E-state index in [-0.39, 0.29) is 0 Å². The number of benzene rings is 3. The van der Waals surface area contributed by atoms with E-state index in [4.69, 9.17) is 21.0 Å². The third-order valence-corrected chi connectivity index (χ3v) is 12.7. The summed E-state index contributed by atoms with van der Waals surface area (Å²) < 4.78 is 5.97. The molecule has 31 heavy (non-hydrogen) atoms. The summed E-state index contributed by atoms with van der Waals surface area (Å²) in [5.74, 6) is -2.71. The van der Waals surface area contributed by atoms with Crippen LogP contribution in [0.1, 0.15) is 5.69 Å². The van der Waals surface area contributed by atoms with Crippen LogP contribution in [0.4, 0.5) is 0 Å². The number of pyridine rings is 1. The van der Waals surface area contributed by atoms with E-state index in [9.17, 15) is 0 Å². The molecule has 0 aliphatic rings. The van der Waals surface area contributed by atoms with Crippen molar-refractivity contribution in [3.63, 3.8) is 0 Å². The molecule has 4 heteroatoms. The van der Waals surface area contributed by atoms with Gasteiger partial charge in [-0.25, -0.2) is 0 Å². The van der Waals surface area contributed by atoms with Gasteiger partial charge in [0.15, 0.2) is 0 Å². The van der Waals surface area contributed by atoms with Crippen LogP contribution < -0.4 is 20.7 Å². The van der Waals surface area contributed by atoms with Crippen LogP contribution in [0.25, 0.3) is 0 Å². The molecule has 0 saturated carbocycles. The fourth-order valence-electron chi connectivity index (χ4n) is 4.04. The van der Waals surface area contributed by atoms with Gasteiger partial charge in [-0.15, -0.1) is 0 Å². The molecule has 0 bridgehead atoms. The maximum atomic E-state index is 8.13. The Bertz CT molecular complexity index is 1050. The number of nitrogens with zero attached hydrogens (tertiary/aromatic N) is 1. The van der Waals surface area contributed by atoms with Crippen molar-refractivity contribution in [2.24, 2.45) is 0 Å². The van der Waals surface area contributed by atoms with Gasteiger partial charge in [0.2, 0.25) is 0 Å². The molecule has 3 aromatic carbocycles. The van der Waals surface area contributed by atoms with Gasteiger partial charge in [0.25, 0.3) is 0 Å². The predicted octanol–water partition coefficient (Wildman–Crippen LogP) is 5.83. The van der Waals surface area contributed by atoms with Crippen LogP contribution in [0.3, 0.4) is 0 Å². The number of ether oxygens (including phenoxy) is 1. The summed E-state index contributed by atoms with van der Waals surface area (Å²) in [5.41, 5.74) is 0.841. The SMILES string of the molecule is C=CCOc1cccnc1CP(Cl)(c1ccccc1)(c1ccccc1)c1ccccc1. The first-order valence-corrected chi connectivity index (χ1v) is 13.6. The molecule has 0 aliphatic heterocycles. The Morgan fingerprint density at radius 3 is 1.68 bits per heavy atom. The van der Waals surface area contributed by atoms with Crippen molar-refractivity contribution in [2.45, 2.75) is 6.16 Å². The number of halogens is 1. The number of hydrogen-bond acceptors (Lipinski definition) is 2. The summed E-state index contributed by atoms with van der Waals surface area (Å²) in [6, 6.07) is 35.1. The van der Waals surface area contributed by atoms with E-state index in [1.807, 2.05) is 30.3 Å². The van der Waals surface area contributed by atoms with E-state index in [0.29, 0.717) is 12.8 Å². The van der Waals surface area contributed by atoms with Crippen LogP contribution >= 0.6 is 17.2 Å². The molecule has 0 amide bonds. The summed E-state index contributed by atoms with van der Waals surface area (Å²) in [4.78, 5) is 4.73. The first kappa shape index (κ1) is 21.3. The van der Waals surface area contributed by atoms with Crippen molar-refractivity contribution in [3.05, 3.63) is 128 Å². The van der Waals surface area contributed by atoms with Crippen LogP contribution in [0.15, 0.2) is 122 Å². The molecule has 1 aromatic heterocycles. The molecule has 0 atom stereocenters. The van der Waals surface area contributed by atoms with Gasteiger partial charge in [-0.05, 0) is 0 Å². The van der Waals surface area contributed by atoms with Crippen molar-refractivity contribution < 1.29 is 4.74 Å². The van der Waals surface area contributed by atoms with Gasteiger partial charge in [-0.2, -0.15) is 0 Å². The zero-order valence-corrected chi connectivity index (χ0v) is 18.9. The Morgan fingerprint density at radius 2 is 1.23 bits per heavy atom. The van der Waals surface area contributed by atoms with Crippen molar-refractivity contribution in [1.29, 1.82) is 0 Å². The molecule has 0 saturated heterocycles. The Labute approximate surface area is 188 Å². The Hall–Kier alpha value is -2.93. The van der Waals surface area contributed by atoms with Gasteiger partial charge in [0, 0.05) is 0 Å². The summed E-state index contributed by atoms with van der Waals surface area (Å²) in [5, 5.41) is 3.31. The molecule has 1 heterocycles. The van der Waals surface area contributed by atoms with Crippen molar-refractivity contribution in [2.75, 3.05) is 6.61 Å². The summed E-state index contributed by atoms with van der Waals surface area (Å²) in [7, 11) is 0. The molecule has 0 unspecified atom stereocenters. The van der Waals surface area contributed by atoms with Gasteiger partial charge in [0.05, 0.1) is 0 Å². The van der Waals surface area contributed by atoms with Gasteiger partial charge in [0.1, 0.15) is 0 Å². The Balaban J connectivity index is 2.04. The van der Waals surface area contributed by atoms with Gasteiger partial charge >= 0.3 is 189 Å². The zero-order valence-electron chi connectivity index (χ0n) is 17.3. The molecule has 0 radical (unpaired) electrons. The zero-order chi connectivity index (χ0) is 21.6. The van der Waals surface area contributed by atoms with Crippen molar-refractivity contribution in [1.82, 2.24) is 4.98 Å². The quantitative estimate of drug-likeness (QED) is 0.251. The molecule has 0 N–H and O–H groups in total. The fourth-order valence-corrected chi connectivity index (χ4v) is 10.0. The third kappa shape index (κ3) is 3.90.